The smallest absolute Gasteiger partial charge is 0.325 e. The lowest BCUT2D eigenvalue weighted by atomic mass is 9.56. The number of para-hydroxylation sites is 1. The molecule has 4 rings (SSSR count). The van der Waals surface area contributed by atoms with Gasteiger partial charge in [-0.3, -0.25) is 28.7 Å². The van der Waals surface area contributed by atoms with Crippen LogP contribution in [0.25, 0.3) is 10.9 Å². The van der Waals surface area contributed by atoms with Crippen molar-refractivity contribution in [1.82, 2.24) is 24.9 Å². The summed E-state index contributed by atoms with van der Waals surface area (Å²) >= 11 is 0. The van der Waals surface area contributed by atoms with Gasteiger partial charge in [0.05, 0.1) is 24.9 Å². The van der Waals surface area contributed by atoms with E-state index in [4.69, 9.17) is 10.8 Å². The molecule has 1 spiro atoms. The molecule has 0 radical (unpaired) electrons. The van der Waals surface area contributed by atoms with E-state index in [1.807, 2.05) is 24.3 Å². The fourth-order valence-corrected chi connectivity index (χ4v) is 5.19. The molecule has 0 unspecified atom stereocenters. The molecule has 2 aliphatic rings. The van der Waals surface area contributed by atoms with E-state index in [0.29, 0.717) is 13.1 Å². The van der Waals surface area contributed by atoms with Gasteiger partial charge in [-0.25, -0.2) is 0 Å². The van der Waals surface area contributed by atoms with Crippen molar-refractivity contribution < 1.29 is 28.7 Å². The van der Waals surface area contributed by atoms with Crippen molar-refractivity contribution in [2.45, 2.75) is 38.1 Å². The van der Waals surface area contributed by atoms with Crippen molar-refractivity contribution in [3.63, 3.8) is 0 Å². The molecule has 12 heteroatoms. The molecule has 1 aromatic carbocycles. The van der Waals surface area contributed by atoms with Crippen LogP contribution >= 0.6 is 0 Å². The number of esters is 1. The van der Waals surface area contributed by atoms with Crippen molar-refractivity contribution in [2.75, 3.05) is 40.3 Å². The molecule has 4 amide bonds. The average Bonchev–Trinajstić information content (AvgIpc) is 3.17. The molecule has 2 aromatic rings. The van der Waals surface area contributed by atoms with Gasteiger partial charge < -0.3 is 25.6 Å². The number of nitrogens with zero attached hydrogens (tertiary/aromatic N) is 4. The Morgan fingerprint density at radius 2 is 1.86 bits per heavy atom. The number of likely N-dealkylation sites (N-methyl/N-ethyl adjacent to an activating group) is 1. The molecule has 1 aromatic heterocycles. The van der Waals surface area contributed by atoms with E-state index in [9.17, 15) is 24.0 Å². The standard InChI is InChI=1S/C25H32N6O6/c1-29(12-20(33)27-11-23(36)37-2)22(35)13-31-18-6-4-3-5-17(18)24(28-31)16-9-25(10-16)14-30(15-25)21(34)8-7-19(26)32/h3-6,16H,7-15H2,1-2H3,(H2,26,32)(H,27,33). The number of ether oxygens (including phenoxy) is 1. The first-order valence-electron chi connectivity index (χ1n) is 12.2. The zero-order valence-corrected chi connectivity index (χ0v) is 21.1. The molecule has 37 heavy (non-hydrogen) atoms. The first kappa shape index (κ1) is 26.1. The predicted octanol–water partition coefficient (Wildman–Crippen LogP) is -0.245. The Balaban J connectivity index is 1.35. The fraction of sp³-hybridized carbons (Fsp3) is 0.520. The second-order valence-electron chi connectivity index (χ2n) is 9.98. The number of primary amides is 1. The summed E-state index contributed by atoms with van der Waals surface area (Å²) < 4.78 is 6.15. The molecule has 198 valence electrons. The lowest BCUT2D eigenvalue weighted by molar-refractivity contribution is -0.152. The summed E-state index contributed by atoms with van der Waals surface area (Å²) in [4.78, 5) is 62.3. The normalized spacial score (nSPS) is 16.1. The summed E-state index contributed by atoms with van der Waals surface area (Å²) in [6.45, 7) is 0.887. The first-order chi connectivity index (χ1) is 17.6. The third-order valence-corrected chi connectivity index (χ3v) is 7.17. The van der Waals surface area contributed by atoms with E-state index < -0.39 is 17.8 Å². The number of carbonyl (C=O) groups excluding carboxylic acids is 5. The summed E-state index contributed by atoms with van der Waals surface area (Å²) in [5, 5.41) is 8.19. The van der Waals surface area contributed by atoms with Crippen LogP contribution in [0.5, 0.6) is 0 Å². The minimum Gasteiger partial charge on any atom is -0.468 e. The van der Waals surface area contributed by atoms with Gasteiger partial charge in [0.2, 0.25) is 23.6 Å². The van der Waals surface area contributed by atoms with Gasteiger partial charge in [0.15, 0.2) is 0 Å². The molecule has 1 saturated carbocycles. The molecular formula is C25H32N6O6. The number of aromatic nitrogens is 2. The Bertz CT molecular complexity index is 1230. The molecule has 0 bridgehead atoms. The summed E-state index contributed by atoms with van der Waals surface area (Å²) in [7, 11) is 2.75. The molecule has 3 N–H and O–H groups in total. The second-order valence-corrected chi connectivity index (χ2v) is 9.98. The van der Waals surface area contributed by atoms with Gasteiger partial charge in [-0.05, 0) is 18.9 Å². The Hall–Kier alpha value is -3.96. The highest BCUT2D eigenvalue weighted by atomic mass is 16.5. The number of methoxy groups -OCH3 is 1. The molecule has 0 atom stereocenters. The lowest BCUT2D eigenvalue weighted by Gasteiger charge is -2.59. The maximum atomic E-state index is 12.8. The number of likely N-dealkylation sites (tertiary alicyclic amines) is 1. The number of benzene rings is 1. The van der Waals surface area contributed by atoms with Gasteiger partial charge in [-0.15, -0.1) is 0 Å². The van der Waals surface area contributed by atoms with Crippen LogP contribution in [0.15, 0.2) is 24.3 Å². The maximum absolute atomic E-state index is 12.8. The maximum Gasteiger partial charge on any atom is 0.325 e. The zero-order valence-electron chi connectivity index (χ0n) is 21.1. The van der Waals surface area contributed by atoms with E-state index in [0.717, 1.165) is 29.4 Å². The van der Waals surface area contributed by atoms with Crippen molar-refractivity contribution >= 4 is 40.5 Å². The first-order valence-corrected chi connectivity index (χ1v) is 12.2. The Kier molecular flexibility index (Phi) is 7.46. The zero-order chi connectivity index (χ0) is 26.7. The minimum atomic E-state index is -0.570. The van der Waals surface area contributed by atoms with Crippen LogP contribution < -0.4 is 11.1 Å². The highest BCUT2D eigenvalue weighted by Crippen LogP contribution is 2.56. The van der Waals surface area contributed by atoms with Gasteiger partial charge in [0, 0.05) is 49.7 Å². The number of carbonyl (C=O) groups is 5. The number of fused-ring (bicyclic) bond motifs is 1. The number of rotatable bonds is 10. The Labute approximate surface area is 214 Å². The van der Waals surface area contributed by atoms with Crippen LogP contribution in [0.1, 0.15) is 37.3 Å². The quantitative estimate of drug-likeness (QED) is 0.416. The largest absolute Gasteiger partial charge is 0.468 e. The predicted molar refractivity (Wildman–Crippen MR) is 132 cm³/mol. The topological polar surface area (TPSA) is 157 Å². The summed E-state index contributed by atoms with van der Waals surface area (Å²) in [5.74, 6) is -1.60. The monoisotopic (exact) mass is 512 g/mol. The van der Waals surface area contributed by atoms with Crippen molar-refractivity contribution in [3.8, 4) is 0 Å². The van der Waals surface area contributed by atoms with Gasteiger partial charge in [0.25, 0.3) is 0 Å². The number of nitrogens with one attached hydrogen (secondary N) is 1. The van der Waals surface area contributed by atoms with Gasteiger partial charge in [-0.2, -0.15) is 5.10 Å². The molecule has 2 heterocycles. The van der Waals surface area contributed by atoms with Crippen molar-refractivity contribution in [1.29, 1.82) is 0 Å². The molecule has 12 nitrogen and oxygen atoms in total. The Morgan fingerprint density at radius 3 is 2.54 bits per heavy atom. The van der Waals surface area contributed by atoms with Gasteiger partial charge in [0.1, 0.15) is 13.1 Å². The van der Waals surface area contributed by atoms with E-state index in [-0.39, 0.29) is 55.6 Å². The van der Waals surface area contributed by atoms with E-state index in [2.05, 4.69) is 10.1 Å². The van der Waals surface area contributed by atoms with Crippen LogP contribution in [0.3, 0.4) is 0 Å². The summed E-state index contributed by atoms with van der Waals surface area (Å²) in [6.07, 6.45) is 2.03. The summed E-state index contributed by atoms with van der Waals surface area (Å²) in [6, 6.07) is 7.74. The molecule has 1 aliphatic heterocycles. The fourth-order valence-electron chi connectivity index (χ4n) is 5.19. The minimum absolute atomic E-state index is 0.0265. The van der Waals surface area contributed by atoms with E-state index in [1.54, 1.807) is 9.58 Å². The van der Waals surface area contributed by atoms with Crippen LogP contribution in [0.4, 0.5) is 0 Å². The van der Waals surface area contributed by atoms with Crippen LogP contribution in [0, 0.1) is 5.41 Å². The van der Waals surface area contributed by atoms with Crippen LogP contribution in [0.2, 0.25) is 0 Å². The highest BCUT2D eigenvalue weighted by Gasteiger charge is 2.54. The lowest BCUT2D eigenvalue weighted by Crippen LogP contribution is -2.63. The molecular weight excluding hydrogens is 480 g/mol. The van der Waals surface area contributed by atoms with Gasteiger partial charge in [-0.1, -0.05) is 18.2 Å². The molecule has 1 saturated heterocycles. The van der Waals surface area contributed by atoms with Crippen molar-refractivity contribution in [3.05, 3.63) is 30.0 Å². The van der Waals surface area contributed by atoms with Crippen LogP contribution in [-0.2, 0) is 35.3 Å². The van der Waals surface area contributed by atoms with Crippen LogP contribution in [-0.4, -0.2) is 89.5 Å². The number of hydrogen-bond acceptors (Lipinski definition) is 7. The van der Waals surface area contributed by atoms with Gasteiger partial charge >= 0.3 is 5.97 Å². The number of amides is 4. The third kappa shape index (κ3) is 5.73. The Morgan fingerprint density at radius 1 is 1.16 bits per heavy atom. The third-order valence-electron chi connectivity index (χ3n) is 7.17. The average molecular weight is 513 g/mol. The number of nitrogens with two attached hydrogens (primary N) is 1. The number of hydrogen-bond donors (Lipinski definition) is 2. The molecule has 1 aliphatic carbocycles. The molecule has 2 fully saturated rings. The summed E-state index contributed by atoms with van der Waals surface area (Å²) in [5.41, 5.74) is 7.01. The van der Waals surface area contributed by atoms with Crippen molar-refractivity contribution in [2.24, 2.45) is 11.1 Å². The highest BCUT2D eigenvalue weighted by molar-refractivity contribution is 5.88. The van der Waals surface area contributed by atoms with E-state index in [1.165, 1.54) is 19.1 Å². The second kappa shape index (κ2) is 10.6. The van der Waals surface area contributed by atoms with E-state index >= 15 is 0 Å². The SMILES string of the molecule is COC(=O)CNC(=O)CN(C)C(=O)Cn1nc(C2CC3(C2)CN(C(=O)CCC(N)=O)C3)c2ccccc21.